The van der Waals surface area contributed by atoms with Crippen LogP contribution in [0.3, 0.4) is 0 Å². The Bertz CT molecular complexity index is 255. The molecule has 0 spiro atoms. The zero-order chi connectivity index (χ0) is 9.14. The molecule has 0 bridgehead atoms. The van der Waals surface area contributed by atoms with Crippen molar-refractivity contribution < 1.29 is 0 Å². The molecule has 0 saturated carbocycles. The van der Waals surface area contributed by atoms with E-state index in [1.165, 1.54) is 0 Å². The minimum absolute atomic E-state index is 0.597. The largest absolute Gasteiger partial charge is 0.396 e. The molecule has 0 amide bonds. The molecule has 0 saturated heterocycles. The summed E-state index contributed by atoms with van der Waals surface area (Å²) in [5.41, 5.74) is 7.18. The average Bonchev–Trinajstić information content (AvgIpc) is 2.03. The number of nitrogens with two attached hydrogens (primary N) is 1. The second-order valence-corrected chi connectivity index (χ2v) is 2.98. The summed E-state index contributed by atoms with van der Waals surface area (Å²) in [4.78, 5) is 5.86. The molecule has 1 rings (SSSR count). The normalized spacial score (nSPS) is 9.92. The lowest BCUT2D eigenvalue weighted by Gasteiger charge is -2.19. The van der Waals surface area contributed by atoms with Crippen molar-refractivity contribution in [3.63, 3.8) is 0 Å². The van der Waals surface area contributed by atoms with Crippen molar-refractivity contribution >= 4 is 23.0 Å². The van der Waals surface area contributed by atoms with Crippen LogP contribution in [0.1, 0.15) is 6.92 Å². The van der Waals surface area contributed by atoms with E-state index < -0.39 is 0 Å². The predicted octanol–water partition coefficient (Wildman–Crippen LogP) is 1.77. The van der Waals surface area contributed by atoms with Gasteiger partial charge in [0.25, 0.3) is 0 Å². The van der Waals surface area contributed by atoms with Crippen molar-refractivity contribution in [1.82, 2.24) is 4.98 Å². The molecule has 0 fully saturated rings. The van der Waals surface area contributed by atoms with Gasteiger partial charge in [-0.2, -0.15) is 0 Å². The number of pyridine rings is 1. The average molecular weight is 186 g/mol. The quantitative estimate of drug-likeness (QED) is 0.764. The van der Waals surface area contributed by atoms with E-state index in [2.05, 4.69) is 4.98 Å². The predicted molar refractivity (Wildman–Crippen MR) is 52.6 cm³/mol. The highest BCUT2D eigenvalue weighted by molar-refractivity contribution is 6.33. The van der Waals surface area contributed by atoms with E-state index >= 15 is 0 Å². The van der Waals surface area contributed by atoms with E-state index in [4.69, 9.17) is 17.3 Å². The number of hydrogen-bond acceptors (Lipinski definition) is 3. The van der Waals surface area contributed by atoms with Crippen LogP contribution in [-0.4, -0.2) is 18.6 Å². The molecule has 66 valence electrons. The molecule has 0 aromatic carbocycles. The Hall–Kier alpha value is -0.960. The maximum absolute atomic E-state index is 5.92. The van der Waals surface area contributed by atoms with Gasteiger partial charge in [-0.3, -0.25) is 4.98 Å². The lowest BCUT2D eigenvalue weighted by Crippen LogP contribution is -2.17. The number of nitrogens with zero attached hydrogens (tertiary/aromatic N) is 2. The number of halogens is 1. The number of hydrogen-bond donors (Lipinski definition) is 1. The van der Waals surface area contributed by atoms with E-state index in [0.29, 0.717) is 10.7 Å². The molecule has 1 aromatic rings. The maximum Gasteiger partial charge on any atom is 0.0843 e. The molecule has 4 heteroatoms. The Kier molecular flexibility index (Phi) is 2.76. The Morgan fingerprint density at radius 2 is 2.25 bits per heavy atom. The first-order chi connectivity index (χ1) is 5.66. The van der Waals surface area contributed by atoms with Crippen LogP contribution in [0.2, 0.25) is 5.02 Å². The summed E-state index contributed by atoms with van der Waals surface area (Å²) in [6.07, 6.45) is 3.20. The molecule has 12 heavy (non-hydrogen) atoms. The van der Waals surface area contributed by atoms with Crippen LogP contribution in [0, 0.1) is 0 Å². The molecule has 2 N–H and O–H groups in total. The number of nitrogen functional groups attached to an aromatic ring is 1. The molecule has 0 atom stereocenters. The van der Waals surface area contributed by atoms with Crippen molar-refractivity contribution in [3.8, 4) is 0 Å². The summed E-state index contributed by atoms with van der Waals surface area (Å²) in [6.45, 7) is 2.91. The summed E-state index contributed by atoms with van der Waals surface area (Å²) in [6, 6.07) is 0. The van der Waals surface area contributed by atoms with Crippen molar-refractivity contribution in [2.45, 2.75) is 6.92 Å². The Labute approximate surface area is 77.1 Å². The van der Waals surface area contributed by atoms with Crippen molar-refractivity contribution in [2.24, 2.45) is 0 Å². The summed E-state index contributed by atoms with van der Waals surface area (Å²) >= 11 is 5.92. The molecule has 3 nitrogen and oxygen atoms in total. The first kappa shape index (κ1) is 9.13. The van der Waals surface area contributed by atoms with Gasteiger partial charge in [0.2, 0.25) is 0 Å². The van der Waals surface area contributed by atoms with E-state index in [1.807, 2.05) is 18.9 Å². The third-order valence-electron chi connectivity index (χ3n) is 1.76. The van der Waals surface area contributed by atoms with Crippen LogP contribution in [0.4, 0.5) is 11.4 Å². The van der Waals surface area contributed by atoms with Gasteiger partial charge in [-0.15, -0.1) is 0 Å². The van der Waals surface area contributed by atoms with Gasteiger partial charge in [0.1, 0.15) is 0 Å². The third-order valence-corrected chi connectivity index (χ3v) is 2.03. The van der Waals surface area contributed by atoms with Crippen LogP contribution in [0.15, 0.2) is 12.4 Å². The molecule has 1 heterocycles. The molecular formula is C8H12ClN3. The molecule has 0 aliphatic rings. The molecule has 0 aliphatic heterocycles. The Morgan fingerprint density at radius 1 is 1.58 bits per heavy atom. The van der Waals surface area contributed by atoms with Gasteiger partial charge >= 0.3 is 0 Å². The Morgan fingerprint density at radius 3 is 2.75 bits per heavy atom. The highest BCUT2D eigenvalue weighted by Gasteiger charge is 2.07. The van der Waals surface area contributed by atoms with Crippen LogP contribution >= 0.6 is 11.6 Å². The highest BCUT2D eigenvalue weighted by atomic mass is 35.5. The summed E-state index contributed by atoms with van der Waals surface area (Å²) < 4.78 is 0. The molecular weight excluding hydrogens is 174 g/mol. The van der Waals surface area contributed by atoms with Gasteiger partial charge in [-0.25, -0.2) is 0 Å². The molecule has 0 unspecified atom stereocenters. The number of aromatic nitrogens is 1. The van der Waals surface area contributed by atoms with Crippen LogP contribution in [0.25, 0.3) is 0 Å². The molecule has 0 aliphatic carbocycles. The smallest absolute Gasteiger partial charge is 0.0843 e. The second kappa shape index (κ2) is 3.63. The fourth-order valence-electron chi connectivity index (χ4n) is 1.00. The van der Waals surface area contributed by atoms with E-state index in [1.54, 1.807) is 12.4 Å². The van der Waals surface area contributed by atoms with Gasteiger partial charge in [0, 0.05) is 19.8 Å². The maximum atomic E-state index is 5.92. The minimum atomic E-state index is 0.597. The SMILES string of the molecule is CCN(C)c1c(N)cncc1Cl. The summed E-state index contributed by atoms with van der Waals surface area (Å²) in [7, 11) is 1.94. The first-order valence-corrected chi connectivity index (χ1v) is 4.14. The topological polar surface area (TPSA) is 42.1 Å². The van der Waals surface area contributed by atoms with Gasteiger partial charge < -0.3 is 10.6 Å². The van der Waals surface area contributed by atoms with Crippen LogP contribution in [0.5, 0.6) is 0 Å². The minimum Gasteiger partial charge on any atom is -0.396 e. The van der Waals surface area contributed by atoms with Gasteiger partial charge in [-0.05, 0) is 6.92 Å². The lowest BCUT2D eigenvalue weighted by molar-refractivity contribution is 0.967. The molecule has 0 radical (unpaired) electrons. The fraction of sp³-hybridized carbons (Fsp3) is 0.375. The molecule has 1 aromatic heterocycles. The van der Waals surface area contributed by atoms with Crippen molar-refractivity contribution in [2.75, 3.05) is 24.2 Å². The first-order valence-electron chi connectivity index (χ1n) is 3.77. The highest BCUT2D eigenvalue weighted by Crippen LogP contribution is 2.29. The summed E-state index contributed by atoms with van der Waals surface area (Å²) in [5.74, 6) is 0. The summed E-state index contributed by atoms with van der Waals surface area (Å²) in [5, 5.41) is 0.597. The number of anilines is 2. The third kappa shape index (κ3) is 1.61. The van der Waals surface area contributed by atoms with Crippen molar-refractivity contribution in [3.05, 3.63) is 17.4 Å². The van der Waals surface area contributed by atoms with Crippen LogP contribution in [-0.2, 0) is 0 Å². The zero-order valence-corrected chi connectivity index (χ0v) is 7.97. The van der Waals surface area contributed by atoms with E-state index in [9.17, 15) is 0 Å². The van der Waals surface area contributed by atoms with Crippen LogP contribution < -0.4 is 10.6 Å². The second-order valence-electron chi connectivity index (χ2n) is 2.57. The van der Waals surface area contributed by atoms with Crippen molar-refractivity contribution in [1.29, 1.82) is 0 Å². The number of rotatable bonds is 2. The standard InChI is InChI=1S/C8H12ClN3/c1-3-12(2)8-6(9)4-11-5-7(8)10/h4-5H,3,10H2,1-2H3. The van der Waals surface area contributed by atoms with E-state index in [-0.39, 0.29) is 0 Å². The van der Waals surface area contributed by atoms with E-state index in [0.717, 1.165) is 12.2 Å². The Balaban J connectivity index is 3.12. The fourth-order valence-corrected chi connectivity index (χ4v) is 1.31. The van der Waals surface area contributed by atoms with Gasteiger partial charge in [-0.1, -0.05) is 11.6 Å². The lowest BCUT2D eigenvalue weighted by atomic mass is 10.3. The zero-order valence-electron chi connectivity index (χ0n) is 7.21. The van der Waals surface area contributed by atoms with Gasteiger partial charge in [0.05, 0.1) is 22.6 Å². The van der Waals surface area contributed by atoms with Gasteiger partial charge in [0.15, 0.2) is 0 Å². The monoisotopic (exact) mass is 185 g/mol.